The van der Waals surface area contributed by atoms with Crippen molar-refractivity contribution < 1.29 is 14.6 Å². The molecule has 0 radical (unpaired) electrons. The normalized spacial score (nSPS) is 18.5. The number of carbonyl (C=O) groups is 1. The third-order valence-electron chi connectivity index (χ3n) is 4.35. The Morgan fingerprint density at radius 3 is 2.88 bits per heavy atom. The lowest BCUT2D eigenvalue weighted by molar-refractivity contribution is 0.240. The van der Waals surface area contributed by atoms with Gasteiger partial charge in [-0.1, -0.05) is 40.2 Å². The van der Waals surface area contributed by atoms with Crippen LogP contribution in [0.2, 0.25) is 0 Å². The minimum Gasteiger partial charge on any atom is -0.504 e. The number of hydrogen-bond donors (Lipinski definition) is 3. The Labute approximate surface area is 155 Å². The maximum Gasteiger partial charge on any atom is 0.315 e. The lowest BCUT2D eigenvalue weighted by Crippen LogP contribution is -2.38. The number of methoxy groups -OCH3 is 1. The van der Waals surface area contributed by atoms with Gasteiger partial charge in [0.2, 0.25) is 0 Å². The van der Waals surface area contributed by atoms with Crippen molar-refractivity contribution in [3.8, 4) is 11.5 Å². The highest BCUT2D eigenvalue weighted by Crippen LogP contribution is 2.43. The van der Waals surface area contributed by atoms with Gasteiger partial charge in [-0.2, -0.15) is 0 Å². The third-order valence-corrected chi connectivity index (χ3v) is 5.08. The van der Waals surface area contributed by atoms with Gasteiger partial charge in [0.25, 0.3) is 0 Å². The van der Waals surface area contributed by atoms with E-state index in [0.717, 1.165) is 16.5 Å². The van der Waals surface area contributed by atoms with Crippen LogP contribution in [0.3, 0.4) is 0 Å². The summed E-state index contributed by atoms with van der Waals surface area (Å²) in [5.74, 6) is 0.933. The molecule has 0 bridgehead atoms. The van der Waals surface area contributed by atoms with Gasteiger partial charge in [0, 0.05) is 23.0 Å². The number of amides is 2. The zero-order chi connectivity index (χ0) is 17.8. The molecule has 2 amide bonds. The number of phenolic OH excluding ortho intramolecular Hbond substituents is 1. The number of aromatic hydroxyl groups is 1. The zero-order valence-corrected chi connectivity index (χ0v) is 15.5. The first-order valence-corrected chi connectivity index (χ1v) is 9.02. The third kappa shape index (κ3) is 4.45. The monoisotopic (exact) mass is 404 g/mol. The van der Waals surface area contributed by atoms with E-state index in [1.165, 1.54) is 12.7 Å². The van der Waals surface area contributed by atoms with Gasteiger partial charge in [0.15, 0.2) is 11.5 Å². The van der Waals surface area contributed by atoms with Gasteiger partial charge < -0.3 is 20.5 Å². The molecule has 25 heavy (non-hydrogen) atoms. The number of phenols is 1. The average Bonchev–Trinajstić information content (AvgIpc) is 3.35. The second-order valence-electron chi connectivity index (χ2n) is 6.13. The second kappa shape index (κ2) is 7.78. The van der Waals surface area contributed by atoms with E-state index in [2.05, 4.69) is 32.6 Å². The van der Waals surface area contributed by atoms with Crippen molar-refractivity contribution in [3.05, 3.63) is 58.1 Å². The van der Waals surface area contributed by atoms with Crippen LogP contribution in [-0.2, 0) is 6.42 Å². The van der Waals surface area contributed by atoms with Crippen molar-refractivity contribution in [3.63, 3.8) is 0 Å². The summed E-state index contributed by atoms with van der Waals surface area (Å²) in [6, 6.07) is 13.4. The van der Waals surface area contributed by atoms with Crippen molar-refractivity contribution in [2.45, 2.75) is 24.8 Å². The van der Waals surface area contributed by atoms with Crippen LogP contribution in [0.25, 0.3) is 0 Å². The first-order chi connectivity index (χ1) is 12.1. The molecule has 1 saturated carbocycles. The first kappa shape index (κ1) is 17.6. The molecule has 0 aliphatic heterocycles. The van der Waals surface area contributed by atoms with E-state index in [1.54, 1.807) is 12.1 Å². The molecule has 0 saturated heterocycles. The molecular weight excluding hydrogens is 384 g/mol. The number of benzene rings is 2. The Kier molecular flexibility index (Phi) is 5.48. The number of ether oxygens (including phenoxy) is 1. The van der Waals surface area contributed by atoms with Crippen LogP contribution in [0.15, 0.2) is 46.9 Å². The van der Waals surface area contributed by atoms with Crippen LogP contribution in [0, 0.1) is 0 Å². The molecule has 2 aromatic carbocycles. The van der Waals surface area contributed by atoms with Crippen molar-refractivity contribution in [1.82, 2.24) is 10.6 Å². The highest BCUT2D eigenvalue weighted by Gasteiger charge is 2.40. The van der Waals surface area contributed by atoms with Crippen LogP contribution in [0.4, 0.5) is 4.79 Å². The molecule has 3 N–H and O–H groups in total. The Bertz CT molecular complexity index is 766. The summed E-state index contributed by atoms with van der Waals surface area (Å²) in [5, 5.41) is 15.5. The first-order valence-electron chi connectivity index (χ1n) is 8.23. The Morgan fingerprint density at radius 2 is 2.12 bits per heavy atom. The summed E-state index contributed by atoms with van der Waals surface area (Å²) >= 11 is 3.56. The van der Waals surface area contributed by atoms with E-state index in [9.17, 15) is 9.90 Å². The fraction of sp³-hybridized carbons (Fsp3) is 0.316. The van der Waals surface area contributed by atoms with E-state index in [-0.39, 0.29) is 17.8 Å². The highest BCUT2D eigenvalue weighted by atomic mass is 79.9. The maximum atomic E-state index is 12.0. The molecule has 132 valence electrons. The van der Waals surface area contributed by atoms with Crippen molar-refractivity contribution in [2.24, 2.45) is 0 Å². The largest absolute Gasteiger partial charge is 0.504 e. The molecule has 1 fully saturated rings. The Balaban J connectivity index is 1.43. The summed E-state index contributed by atoms with van der Waals surface area (Å²) in [6.07, 6.45) is 1.63. The van der Waals surface area contributed by atoms with Crippen LogP contribution >= 0.6 is 15.9 Å². The predicted molar refractivity (Wildman–Crippen MR) is 100 cm³/mol. The Hall–Kier alpha value is -2.21. The minimum atomic E-state index is -0.148. The van der Waals surface area contributed by atoms with Gasteiger partial charge >= 0.3 is 6.03 Å². The van der Waals surface area contributed by atoms with Crippen LogP contribution in [0.5, 0.6) is 11.5 Å². The predicted octanol–water partition coefficient (Wildman–Crippen LogP) is 3.56. The van der Waals surface area contributed by atoms with Gasteiger partial charge in [-0.3, -0.25) is 0 Å². The lowest BCUT2D eigenvalue weighted by Gasteiger charge is -2.09. The molecule has 1 aliphatic rings. The molecule has 1 aliphatic carbocycles. The number of rotatable bonds is 6. The summed E-state index contributed by atoms with van der Waals surface area (Å²) < 4.78 is 6.17. The molecule has 0 heterocycles. The van der Waals surface area contributed by atoms with E-state index >= 15 is 0 Å². The highest BCUT2D eigenvalue weighted by molar-refractivity contribution is 9.10. The molecule has 6 heteroatoms. The van der Waals surface area contributed by atoms with Crippen molar-refractivity contribution in [1.29, 1.82) is 0 Å². The van der Waals surface area contributed by atoms with E-state index in [1.807, 2.05) is 24.3 Å². The summed E-state index contributed by atoms with van der Waals surface area (Å²) in [6.45, 7) is 0.520. The standard InChI is InChI=1S/C19H21BrN2O3/c1-25-18-10-12(6-7-17(18)23)8-9-21-19(24)22-16-11-14(16)13-4-2-3-5-15(13)20/h2-7,10,14,16,23H,8-9,11H2,1H3,(H2,21,22,24). The number of urea groups is 1. The van der Waals surface area contributed by atoms with Crippen molar-refractivity contribution >= 4 is 22.0 Å². The summed E-state index contributed by atoms with van der Waals surface area (Å²) in [7, 11) is 1.52. The second-order valence-corrected chi connectivity index (χ2v) is 6.98. The Morgan fingerprint density at radius 1 is 1.32 bits per heavy atom. The van der Waals surface area contributed by atoms with Gasteiger partial charge in [-0.25, -0.2) is 4.79 Å². The number of hydrogen-bond acceptors (Lipinski definition) is 3. The van der Waals surface area contributed by atoms with E-state index in [0.29, 0.717) is 24.6 Å². The number of halogens is 1. The van der Waals surface area contributed by atoms with Gasteiger partial charge in [-0.05, 0) is 42.2 Å². The minimum absolute atomic E-state index is 0.115. The molecule has 0 spiro atoms. The zero-order valence-electron chi connectivity index (χ0n) is 14.0. The van der Waals surface area contributed by atoms with E-state index < -0.39 is 0 Å². The fourth-order valence-corrected chi connectivity index (χ4v) is 3.47. The fourth-order valence-electron chi connectivity index (χ4n) is 2.89. The van der Waals surface area contributed by atoms with Crippen LogP contribution < -0.4 is 15.4 Å². The van der Waals surface area contributed by atoms with E-state index in [4.69, 9.17) is 4.74 Å². The lowest BCUT2D eigenvalue weighted by atomic mass is 10.1. The molecule has 2 unspecified atom stereocenters. The molecular formula is C19H21BrN2O3. The molecule has 2 atom stereocenters. The summed E-state index contributed by atoms with van der Waals surface area (Å²) in [4.78, 5) is 12.0. The van der Waals surface area contributed by atoms with Gasteiger partial charge in [0.05, 0.1) is 7.11 Å². The molecule has 3 rings (SSSR count). The van der Waals surface area contributed by atoms with Gasteiger partial charge in [0.1, 0.15) is 0 Å². The molecule has 0 aromatic heterocycles. The average molecular weight is 405 g/mol. The molecule has 5 nitrogen and oxygen atoms in total. The SMILES string of the molecule is COc1cc(CCNC(=O)NC2CC2c2ccccc2Br)ccc1O. The molecule has 2 aromatic rings. The van der Waals surface area contributed by atoms with Crippen molar-refractivity contribution in [2.75, 3.05) is 13.7 Å². The quantitative estimate of drug-likeness (QED) is 0.689. The smallest absolute Gasteiger partial charge is 0.315 e. The van der Waals surface area contributed by atoms with Gasteiger partial charge in [-0.15, -0.1) is 0 Å². The van der Waals surface area contributed by atoms with Crippen LogP contribution in [-0.4, -0.2) is 30.8 Å². The number of nitrogens with one attached hydrogen (secondary N) is 2. The number of carbonyl (C=O) groups excluding carboxylic acids is 1. The summed E-state index contributed by atoms with van der Waals surface area (Å²) in [5.41, 5.74) is 2.23. The topological polar surface area (TPSA) is 70.6 Å². The maximum absolute atomic E-state index is 12.0. The van der Waals surface area contributed by atoms with Crippen LogP contribution in [0.1, 0.15) is 23.5 Å².